The number of benzene rings is 1. The van der Waals surface area contributed by atoms with Crippen LogP contribution < -0.4 is 5.43 Å². The minimum absolute atomic E-state index is 0.250. The van der Waals surface area contributed by atoms with Gasteiger partial charge in [-0.05, 0) is 40.8 Å². The van der Waals surface area contributed by atoms with Gasteiger partial charge in [0.15, 0.2) is 0 Å². The van der Waals surface area contributed by atoms with Crippen molar-refractivity contribution < 1.29 is 13.2 Å². The van der Waals surface area contributed by atoms with Crippen molar-refractivity contribution in [1.29, 1.82) is 0 Å². The van der Waals surface area contributed by atoms with Crippen LogP contribution in [-0.4, -0.2) is 11.2 Å². The molecule has 2 rings (SSSR count). The van der Waals surface area contributed by atoms with Gasteiger partial charge < -0.3 is 0 Å². The zero-order chi connectivity index (χ0) is 14.6. The van der Waals surface area contributed by atoms with Gasteiger partial charge in [-0.25, -0.2) is 4.98 Å². The number of halogens is 4. The van der Waals surface area contributed by atoms with Crippen LogP contribution in [0.15, 0.2) is 47.7 Å². The maximum atomic E-state index is 12.3. The summed E-state index contributed by atoms with van der Waals surface area (Å²) in [5.74, 6) is 0.250. The largest absolute Gasteiger partial charge is 0.417 e. The molecular formula is C13H9F3IN3. The monoisotopic (exact) mass is 391 g/mol. The van der Waals surface area contributed by atoms with E-state index in [9.17, 15) is 13.2 Å². The number of anilines is 1. The summed E-state index contributed by atoms with van der Waals surface area (Å²) in [7, 11) is 0. The molecule has 2 aromatic rings. The lowest BCUT2D eigenvalue weighted by Gasteiger charge is -2.06. The minimum Gasteiger partial charge on any atom is -0.261 e. The molecule has 1 aromatic carbocycles. The summed E-state index contributed by atoms with van der Waals surface area (Å²) in [4.78, 5) is 3.65. The van der Waals surface area contributed by atoms with E-state index in [1.54, 1.807) is 6.21 Å². The van der Waals surface area contributed by atoms with Crippen molar-refractivity contribution in [2.24, 2.45) is 5.10 Å². The van der Waals surface area contributed by atoms with Crippen LogP contribution in [0.25, 0.3) is 0 Å². The summed E-state index contributed by atoms with van der Waals surface area (Å²) in [5, 5.41) is 3.94. The zero-order valence-corrected chi connectivity index (χ0v) is 12.2. The van der Waals surface area contributed by atoms with E-state index in [2.05, 4.69) is 38.1 Å². The average molecular weight is 391 g/mol. The van der Waals surface area contributed by atoms with Crippen LogP contribution in [0.5, 0.6) is 0 Å². The van der Waals surface area contributed by atoms with E-state index >= 15 is 0 Å². The number of nitrogens with one attached hydrogen (secondary N) is 1. The van der Waals surface area contributed by atoms with Crippen molar-refractivity contribution in [3.63, 3.8) is 0 Å². The average Bonchev–Trinajstić information content (AvgIpc) is 2.40. The fraction of sp³-hybridized carbons (Fsp3) is 0.0769. The van der Waals surface area contributed by atoms with Gasteiger partial charge in [0.25, 0.3) is 0 Å². The van der Waals surface area contributed by atoms with Gasteiger partial charge in [-0.3, -0.25) is 5.43 Å². The van der Waals surface area contributed by atoms with Crippen LogP contribution in [0.2, 0.25) is 0 Å². The number of nitrogens with zero attached hydrogens (tertiary/aromatic N) is 2. The molecule has 1 aromatic heterocycles. The number of aromatic nitrogens is 1. The van der Waals surface area contributed by atoms with Crippen molar-refractivity contribution >= 4 is 34.6 Å². The maximum Gasteiger partial charge on any atom is 0.417 e. The van der Waals surface area contributed by atoms with Gasteiger partial charge in [-0.2, -0.15) is 18.3 Å². The maximum absolute atomic E-state index is 12.3. The number of alkyl halides is 3. The molecule has 0 unspecified atom stereocenters. The van der Waals surface area contributed by atoms with E-state index in [1.165, 1.54) is 6.07 Å². The lowest BCUT2D eigenvalue weighted by molar-refractivity contribution is -0.137. The second-order valence-electron chi connectivity index (χ2n) is 3.82. The van der Waals surface area contributed by atoms with E-state index in [0.29, 0.717) is 0 Å². The molecule has 0 radical (unpaired) electrons. The molecule has 0 atom stereocenters. The third kappa shape index (κ3) is 3.92. The van der Waals surface area contributed by atoms with Crippen LogP contribution in [0.3, 0.4) is 0 Å². The summed E-state index contributed by atoms with van der Waals surface area (Å²) >= 11 is 2.17. The van der Waals surface area contributed by atoms with Crippen LogP contribution in [0.1, 0.15) is 11.1 Å². The normalized spacial score (nSPS) is 11.8. The lowest BCUT2D eigenvalue weighted by atomic mass is 10.2. The molecule has 1 N–H and O–H groups in total. The molecule has 7 heteroatoms. The smallest absolute Gasteiger partial charge is 0.261 e. The SMILES string of the molecule is FC(F)(F)c1ccc(NN=Cc2ccccc2I)nc1. The standard InChI is InChI=1S/C13H9F3IN3/c14-13(15,16)10-5-6-12(18-8-10)20-19-7-9-3-1-2-4-11(9)17/h1-8H,(H,18,20). The van der Waals surface area contributed by atoms with Crippen molar-refractivity contribution in [1.82, 2.24) is 4.98 Å². The van der Waals surface area contributed by atoms with E-state index in [0.717, 1.165) is 21.4 Å². The summed E-state index contributed by atoms with van der Waals surface area (Å²) in [6, 6.07) is 9.78. The highest BCUT2D eigenvalue weighted by atomic mass is 127. The summed E-state index contributed by atoms with van der Waals surface area (Å²) in [6.45, 7) is 0. The lowest BCUT2D eigenvalue weighted by Crippen LogP contribution is -2.05. The number of hydrogen-bond donors (Lipinski definition) is 1. The Labute approximate surface area is 127 Å². The van der Waals surface area contributed by atoms with Crippen molar-refractivity contribution in [2.75, 3.05) is 5.43 Å². The molecule has 3 nitrogen and oxygen atoms in total. The number of rotatable bonds is 3. The number of hydrogen-bond acceptors (Lipinski definition) is 3. The Bertz CT molecular complexity index is 609. The van der Waals surface area contributed by atoms with Crippen LogP contribution >= 0.6 is 22.6 Å². The number of pyridine rings is 1. The molecule has 0 spiro atoms. The molecule has 0 saturated heterocycles. The highest BCUT2D eigenvalue weighted by molar-refractivity contribution is 14.1. The van der Waals surface area contributed by atoms with Gasteiger partial charge >= 0.3 is 6.18 Å². The Kier molecular flexibility index (Phi) is 4.58. The highest BCUT2D eigenvalue weighted by Crippen LogP contribution is 2.28. The first-order chi connectivity index (χ1) is 9.47. The first kappa shape index (κ1) is 14.8. The fourth-order valence-electron chi connectivity index (χ4n) is 1.38. The first-order valence-electron chi connectivity index (χ1n) is 5.53. The van der Waals surface area contributed by atoms with Crippen molar-refractivity contribution in [3.05, 3.63) is 57.3 Å². The van der Waals surface area contributed by atoms with Gasteiger partial charge in [0, 0.05) is 15.3 Å². The molecule has 0 amide bonds. The Hall–Kier alpha value is -1.64. The predicted molar refractivity (Wildman–Crippen MR) is 79.6 cm³/mol. The van der Waals surface area contributed by atoms with E-state index in [4.69, 9.17) is 0 Å². The van der Waals surface area contributed by atoms with Gasteiger partial charge in [-0.15, -0.1) is 0 Å². The Morgan fingerprint density at radius 3 is 2.50 bits per heavy atom. The molecule has 0 aliphatic carbocycles. The predicted octanol–water partition coefficient (Wildman–Crippen LogP) is 4.15. The molecule has 0 aliphatic rings. The molecule has 20 heavy (non-hydrogen) atoms. The summed E-state index contributed by atoms with van der Waals surface area (Å²) in [5.41, 5.74) is 2.71. The molecule has 0 saturated carbocycles. The Balaban J connectivity index is 2.03. The van der Waals surface area contributed by atoms with E-state index in [-0.39, 0.29) is 5.82 Å². The van der Waals surface area contributed by atoms with Crippen LogP contribution in [0.4, 0.5) is 19.0 Å². The van der Waals surface area contributed by atoms with Gasteiger partial charge in [0.1, 0.15) is 5.82 Å². The van der Waals surface area contributed by atoms with Crippen molar-refractivity contribution in [3.8, 4) is 0 Å². The van der Waals surface area contributed by atoms with Crippen molar-refractivity contribution in [2.45, 2.75) is 6.18 Å². The molecule has 104 valence electrons. The molecule has 0 aliphatic heterocycles. The second-order valence-corrected chi connectivity index (χ2v) is 4.98. The van der Waals surface area contributed by atoms with E-state index in [1.807, 2.05) is 24.3 Å². The third-order valence-electron chi connectivity index (χ3n) is 2.38. The molecule has 0 fully saturated rings. The minimum atomic E-state index is -4.38. The Morgan fingerprint density at radius 1 is 1.15 bits per heavy atom. The van der Waals surface area contributed by atoms with Gasteiger partial charge in [-0.1, -0.05) is 18.2 Å². The molecule has 0 bridgehead atoms. The van der Waals surface area contributed by atoms with Gasteiger partial charge in [0.05, 0.1) is 11.8 Å². The summed E-state index contributed by atoms with van der Waals surface area (Å²) < 4.78 is 38.1. The second kappa shape index (κ2) is 6.21. The van der Waals surface area contributed by atoms with Gasteiger partial charge in [0.2, 0.25) is 0 Å². The Morgan fingerprint density at radius 2 is 1.90 bits per heavy atom. The van der Waals surface area contributed by atoms with Crippen LogP contribution in [0, 0.1) is 3.57 Å². The third-order valence-corrected chi connectivity index (χ3v) is 3.36. The van der Waals surface area contributed by atoms with E-state index < -0.39 is 11.7 Å². The highest BCUT2D eigenvalue weighted by Gasteiger charge is 2.30. The molecule has 1 heterocycles. The zero-order valence-electron chi connectivity index (χ0n) is 10.0. The van der Waals surface area contributed by atoms with Crippen LogP contribution in [-0.2, 0) is 6.18 Å². The topological polar surface area (TPSA) is 37.3 Å². The number of hydrazone groups is 1. The fourth-order valence-corrected chi connectivity index (χ4v) is 1.90. The molecular weight excluding hydrogens is 382 g/mol. The first-order valence-corrected chi connectivity index (χ1v) is 6.61. The summed E-state index contributed by atoms with van der Waals surface area (Å²) in [6.07, 6.45) is -2.03. The quantitative estimate of drug-likeness (QED) is 0.485.